The lowest BCUT2D eigenvalue weighted by Gasteiger charge is -2.16. The number of aromatic nitrogens is 4. The van der Waals surface area contributed by atoms with E-state index in [2.05, 4.69) is 9.97 Å². The van der Waals surface area contributed by atoms with E-state index in [0.29, 0.717) is 5.56 Å². The molecule has 3 atom stereocenters. The summed E-state index contributed by atoms with van der Waals surface area (Å²) in [6.45, 7) is 2.92. The molecule has 1 saturated heterocycles. The topological polar surface area (TPSA) is 152 Å². The summed E-state index contributed by atoms with van der Waals surface area (Å²) in [6.07, 6.45) is -0.664. The molecule has 3 aromatic rings. The van der Waals surface area contributed by atoms with Crippen LogP contribution < -0.4 is 11.3 Å². The van der Waals surface area contributed by atoms with Gasteiger partial charge in [0.1, 0.15) is 18.4 Å². The van der Waals surface area contributed by atoms with Gasteiger partial charge in [-0.2, -0.15) is 4.98 Å². The molecule has 0 unspecified atom stereocenters. The van der Waals surface area contributed by atoms with Crippen LogP contribution in [0.15, 0.2) is 41.5 Å². The smallest absolute Gasteiger partial charge is 0.338 e. The van der Waals surface area contributed by atoms with E-state index in [-0.39, 0.29) is 30.1 Å². The standard InChI is InChI=1S/C21H23N5O6/c1-11(2)18(28)26-19(29)16-17(24-21(26)22)25(10-23-16)15-8-13(14(9-27)31-15)32-20(30)12-6-4-3-5-7-12/h3-7,10-11,13-15,27H,8-9H2,1-2H3,(H2,22,24)/t13-,14-,15-/m1/s1. The van der Waals surface area contributed by atoms with Crippen molar-refractivity contribution >= 4 is 29.0 Å². The average molecular weight is 441 g/mol. The molecule has 168 valence electrons. The van der Waals surface area contributed by atoms with Crippen molar-refractivity contribution in [1.82, 2.24) is 19.1 Å². The van der Waals surface area contributed by atoms with Crippen molar-refractivity contribution in [3.63, 3.8) is 0 Å². The minimum atomic E-state index is -0.773. The number of nitrogen functional groups attached to an aromatic ring is 1. The Hall–Kier alpha value is -3.57. The summed E-state index contributed by atoms with van der Waals surface area (Å²) in [5.41, 5.74) is 5.71. The third-order valence-electron chi connectivity index (χ3n) is 5.28. The van der Waals surface area contributed by atoms with E-state index in [1.54, 1.807) is 44.2 Å². The third kappa shape index (κ3) is 3.76. The normalized spacial score (nSPS) is 20.7. The lowest BCUT2D eigenvalue weighted by atomic mass is 10.1. The van der Waals surface area contributed by atoms with E-state index in [1.165, 1.54) is 10.9 Å². The number of esters is 1. The lowest BCUT2D eigenvalue weighted by Crippen LogP contribution is -2.33. The minimum Gasteiger partial charge on any atom is -0.456 e. The molecule has 1 aliphatic rings. The number of hydrogen-bond acceptors (Lipinski definition) is 9. The number of nitrogens with zero attached hydrogens (tertiary/aromatic N) is 4. The van der Waals surface area contributed by atoms with Gasteiger partial charge in [-0.1, -0.05) is 32.0 Å². The van der Waals surface area contributed by atoms with Crippen LogP contribution in [0, 0.1) is 5.92 Å². The van der Waals surface area contributed by atoms with Crippen LogP contribution >= 0.6 is 0 Å². The zero-order valence-electron chi connectivity index (χ0n) is 17.5. The molecule has 1 aliphatic heterocycles. The summed E-state index contributed by atoms with van der Waals surface area (Å²) < 4.78 is 13.7. The fourth-order valence-electron chi connectivity index (χ4n) is 3.61. The Labute approximate surface area is 182 Å². The lowest BCUT2D eigenvalue weighted by molar-refractivity contribution is -0.0500. The molecule has 2 aromatic heterocycles. The molecule has 1 aromatic carbocycles. The van der Waals surface area contributed by atoms with E-state index in [9.17, 15) is 19.5 Å². The Morgan fingerprint density at radius 2 is 2.03 bits per heavy atom. The zero-order valence-corrected chi connectivity index (χ0v) is 17.5. The van der Waals surface area contributed by atoms with Crippen molar-refractivity contribution in [2.75, 3.05) is 12.3 Å². The number of aliphatic hydroxyl groups excluding tert-OH is 1. The first kappa shape index (κ1) is 21.7. The van der Waals surface area contributed by atoms with Crippen LogP contribution in [-0.2, 0) is 9.47 Å². The molecular formula is C21H23N5O6. The van der Waals surface area contributed by atoms with Gasteiger partial charge in [-0.3, -0.25) is 14.2 Å². The molecule has 1 fully saturated rings. The van der Waals surface area contributed by atoms with Crippen molar-refractivity contribution in [3.8, 4) is 0 Å². The summed E-state index contributed by atoms with van der Waals surface area (Å²) >= 11 is 0. The molecule has 11 nitrogen and oxygen atoms in total. The molecule has 0 aliphatic carbocycles. The number of ether oxygens (including phenoxy) is 2. The first-order chi connectivity index (χ1) is 15.3. The Balaban J connectivity index is 1.63. The number of imidazole rings is 1. The molecular weight excluding hydrogens is 418 g/mol. The highest BCUT2D eigenvalue weighted by Crippen LogP contribution is 2.32. The minimum absolute atomic E-state index is 0.0397. The molecule has 0 radical (unpaired) electrons. The van der Waals surface area contributed by atoms with Crippen molar-refractivity contribution in [2.24, 2.45) is 5.92 Å². The maximum atomic E-state index is 12.8. The summed E-state index contributed by atoms with van der Waals surface area (Å²) in [5.74, 6) is -1.74. The molecule has 4 rings (SSSR count). The average Bonchev–Trinajstić information content (AvgIpc) is 3.37. The Morgan fingerprint density at radius 3 is 2.69 bits per heavy atom. The van der Waals surface area contributed by atoms with Gasteiger partial charge in [0.15, 0.2) is 11.2 Å². The fourth-order valence-corrected chi connectivity index (χ4v) is 3.61. The van der Waals surface area contributed by atoms with Gasteiger partial charge in [-0.05, 0) is 12.1 Å². The van der Waals surface area contributed by atoms with Gasteiger partial charge in [0.2, 0.25) is 11.9 Å². The van der Waals surface area contributed by atoms with Gasteiger partial charge < -0.3 is 20.3 Å². The van der Waals surface area contributed by atoms with E-state index >= 15 is 0 Å². The number of anilines is 1. The van der Waals surface area contributed by atoms with Crippen molar-refractivity contribution in [3.05, 3.63) is 52.6 Å². The van der Waals surface area contributed by atoms with Crippen LogP contribution in [-0.4, -0.2) is 54.9 Å². The quantitative estimate of drug-likeness (QED) is 0.552. The maximum absolute atomic E-state index is 12.8. The van der Waals surface area contributed by atoms with Crippen LogP contribution in [0.25, 0.3) is 11.2 Å². The number of hydrogen-bond donors (Lipinski definition) is 2. The molecule has 0 spiro atoms. The summed E-state index contributed by atoms with van der Waals surface area (Å²) in [5, 5.41) is 9.72. The van der Waals surface area contributed by atoms with Gasteiger partial charge >= 0.3 is 5.97 Å². The van der Waals surface area contributed by atoms with Crippen LogP contribution in [0.5, 0.6) is 0 Å². The number of nitrogens with two attached hydrogens (primary N) is 1. The SMILES string of the molecule is CC(C)C(=O)n1c(N)nc2c(ncn2[C@H]2C[C@@H](OC(=O)c3ccccc3)[C@@H](CO)O2)c1=O. The fraction of sp³-hybridized carbons (Fsp3) is 0.381. The van der Waals surface area contributed by atoms with Crippen molar-refractivity contribution in [1.29, 1.82) is 0 Å². The Morgan fingerprint density at radius 1 is 1.31 bits per heavy atom. The van der Waals surface area contributed by atoms with E-state index < -0.39 is 41.8 Å². The van der Waals surface area contributed by atoms with Gasteiger partial charge in [-0.25, -0.2) is 14.3 Å². The molecule has 11 heteroatoms. The number of carbonyl (C=O) groups excluding carboxylic acids is 2. The highest BCUT2D eigenvalue weighted by Gasteiger charge is 2.39. The summed E-state index contributed by atoms with van der Waals surface area (Å²) in [4.78, 5) is 45.9. The van der Waals surface area contributed by atoms with Gasteiger partial charge in [0.25, 0.3) is 5.56 Å². The van der Waals surface area contributed by atoms with E-state index in [0.717, 1.165) is 4.57 Å². The van der Waals surface area contributed by atoms with Crippen LogP contribution in [0.2, 0.25) is 0 Å². The van der Waals surface area contributed by atoms with E-state index in [1.807, 2.05) is 0 Å². The Kier molecular flexibility index (Phi) is 5.76. The number of fused-ring (bicyclic) bond motifs is 1. The third-order valence-corrected chi connectivity index (χ3v) is 5.28. The highest BCUT2D eigenvalue weighted by molar-refractivity contribution is 5.89. The van der Waals surface area contributed by atoms with Crippen molar-refractivity contribution in [2.45, 2.75) is 38.7 Å². The number of aliphatic hydroxyl groups is 1. The Bertz CT molecular complexity index is 1220. The molecule has 32 heavy (non-hydrogen) atoms. The second kappa shape index (κ2) is 8.52. The number of rotatable bonds is 5. The molecule has 0 amide bonds. The second-order valence-corrected chi connectivity index (χ2v) is 7.78. The van der Waals surface area contributed by atoms with Gasteiger partial charge in [0.05, 0.1) is 18.5 Å². The number of carbonyl (C=O) groups is 2. The maximum Gasteiger partial charge on any atom is 0.338 e. The first-order valence-corrected chi connectivity index (χ1v) is 10.1. The molecule has 0 saturated carbocycles. The monoisotopic (exact) mass is 441 g/mol. The predicted octanol–water partition coefficient (Wildman–Crippen LogP) is 0.977. The molecule has 3 N–H and O–H groups in total. The van der Waals surface area contributed by atoms with Crippen molar-refractivity contribution < 1.29 is 24.2 Å². The molecule has 0 bridgehead atoms. The highest BCUT2D eigenvalue weighted by atomic mass is 16.6. The summed E-state index contributed by atoms with van der Waals surface area (Å²) in [7, 11) is 0. The molecule has 3 heterocycles. The second-order valence-electron chi connectivity index (χ2n) is 7.78. The first-order valence-electron chi connectivity index (χ1n) is 10.1. The van der Waals surface area contributed by atoms with Crippen LogP contribution in [0.1, 0.15) is 41.6 Å². The van der Waals surface area contributed by atoms with Gasteiger partial charge in [-0.15, -0.1) is 0 Å². The summed E-state index contributed by atoms with van der Waals surface area (Å²) in [6, 6.07) is 8.48. The predicted molar refractivity (Wildman–Crippen MR) is 113 cm³/mol. The largest absolute Gasteiger partial charge is 0.456 e. The van der Waals surface area contributed by atoms with Crippen LogP contribution in [0.4, 0.5) is 5.95 Å². The number of benzene rings is 1. The van der Waals surface area contributed by atoms with Crippen LogP contribution in [0.3, 0.4) is 0 Å². The zero-order chi connectivity index (χ0) is 23.0. The van der Waals surface area contributed by atoms with Gasteiger partial charge in [0, 0.05) is 12.3 Å². The van der Waals surface area contributed by atoms with E-state index in [4.69, 9.17) is 15.2 Å².